The fraction of sp³-hybridized carbons (Fsp3) is 0.542. The first-order chi connectivity index (χ1) is 15.6. The molecule has 1 atom stereocenters. The number of fused-ring (bicyclic) bond motifs is 1. The Hall–Kier alpha value is -2.87. The zero-order valence-electron chi connectivity index (χ0n) is 18.7. The highest BCUT2D eigenvalue weighted by Crippen LogP contribution is 2.29. The second kappa shape index (κ2) is 10.2. The number of para-hydroxylation sites is 1. The van der Waals surface area contributed by atoms with E-state index in [9.17, 15) is 9.59 Å². The van der Waals surface area contributed by atoms with E-state index in [0.717, 1.165) is 25.0 Å². The third-order valence-corrected chi connectivity index (χ3v) is 6.35. The van der Waals surface area contributed by atoms with Crippen molar-refractivity contribution in [1.29, 1.82) is 0 Å². The lowest BCUT2D eigenvalue weighted by Gasteiger charge is -2.43. The molecule has 1 unspecified atom stereocenters. The molecule has 0 radical (unpaired) electrons. The topological polar surface area (TPSA) is 76.9 Å². The van der Waals surface area contributed by atoms with E-state index in [0.29, 0.717) is 52.2 Å². The van der Waals surface area contributed by atoms with Crippen molar-refractivity contribution < 1.29 is 19.1 Å². The number of ether oxygens (including phenoxy) is 2. The lowest BCUT2D eigenvalue weighted by atomic mass is 9.91. The van der Waals surface area contributed by atoms with Crippen LogP contribution in [0.5, 0.6) is 5.75 Å². The summed E-state index contributed by atoms with van der Waals surface area (Å²) in [6.07, 6.45) is 8.90. The van der Waals surface area contributed by atoms with E-state index in [1.54, 1.807) is 29.4 Å². The summed E-state index contributed by atoms with van der Waals surface area (Å²) in [5.41, 5.74) is 0.202. The first kappa shape index (κ1) is 22.3. The summed E-state index contributed by atoms with van der Waals surface area (Å²) in [7, 11) is 1.79. The van der Waals surface area contributed by atoms with Gasteiger partial charge in [0.05, 0.1) is 26.0 Å². The van der Waals surface area contributed by atoms with Crippen molar-refractivity contribution in [3.8, 4) is 5.75 Å². The van der Waals surface area contributed by atoms with E-state index in [1.165, 1.54) is 5.56 Å². The lowest BCUT2D eigenvalue weighted by molar-refractivity contribution is -0.175. The van der Waals surface area contributed by atoms with E-state index < -0.39 is 5.60 Å². The number of carbonyl (C=O) groups excluding carboxylic acids is 2. The number of amides is 2. The van der Waals surface area contributed by atoms with E-state index >= 15 is 0 Å². The molecule has 8 nitrogen and oxygen atoms in total. The molecule has 0 aliphatic carbocycles. The largest absolute Gasteiger partial charge is 0.491 e. The molecule has 2 amide bonds. The standard InChI is InChI=1S/C24H32N4O4/c1-26-14-16-31-21-8-3-2-6-20(21)7-4-5-10-24(23(26)30)18-28(15-17-32-24)22(29)9-12-27-13-11-25-19-27/h2-3,6,8,11,13,19H,4-5,7,9-10,12,14-18H2,1H3. The third kappa shape index (κ3) is 5.12. The Morgan fingerprint density at radius 2 is 2.06 bits per heavy atom. The fourth-order valence-electron chi connectivity index (χ4n) is 4.51. The SMILES string of the molecule is CN1CCOc2ccccc2CCCCC2(CN(C(=O)CCn3ccnc3)CCO2)C1=O. The Kier molecular flexibility index (Phi) is 7.09. The van der Waals surface area contributed by atoms with Gasteiger partial charge >= 0.3 is 0 Å². The van der Waals surface area contributed by atoms with Crippen molar-refractivity contribution in [1.82, 2.24) is 19.4 Å². The molecule has 8 heteroatoms. The molecule has 1 spiro atoms. The molecule has 1 aromatic carbocycles. The number of aromatic nitrogens is 2. The van der Waals surface area contributed by atoms with Crippen molar-refractivity contribution in [2.24, 2.45) is 0 Å². The summed E-state index contributed by atoms with van der Waals surface area (Å²) in [6.45, 7) is 2.65. The Morgan fingerprint density at radius 1 is 1.19 bits per heavy atom. The van der Waals surface area contributed by atoms with Crippen LogP contribution in [0.2, 0.25) is 0 Å². The number of nitrogens with zero attached hydrogens (tertiary/aromatic N) is 4. The molecule has 172 valence electrons. The molecule has 0 saturated carbocycles. The number of rotatable bonds is 3. The van der Waals surface area contributed by atoms with Gasteiger partial charge in [-0.25, -0.2) is 4.98 Å². The van der Waals surface area contributed by atoms with Gasteiger partial charge in [-0.3, -0.25) is 9.59 Å². The number of hydrogen-bond donors (Lipinski definition) is 0. The number of morpholine rings is 1. The molecule has 0 bridgehead atoms. The molecule has 3 heterocycles. The Balaban J connectivity index is 1.45. The Labute approximate surface area is 189 Å². The molecule has 1 fully saturated rings. The van der Waals surface area contributed by atoms with Crippen LogP contribution in [0.15, 0.2) is 43.0 Å². The minimum absolute atomic E-state index is 0.0419. The normalized spacial score (nSPS) is 22.6. The molecule has 2 aromatic rings. The predicted molar refractivity (Wildman–Crippen MR) is 119 cm³/mol. The molecule has 1 aromatic heterocycles. The van der Waals surface area contributed by atoms with Gasteiger partial charge in [0.25, 0.3) is 5.91 Å². The first-order valence-electron chi connectivity index (χ1n) is 11.4. The summed E-state index contributed by atoms with van der Waals surface area (Å²) in [5.74, 6) is 0.870. The maximum Gasteiger partial charge on any atom is 0.256 e. The molecule has 2 aliphatic rings. The summed E-state index contributed by atoms with van der Waals surface area (Å²) in [5, 5.41) is 0. The first-order valence-corrected chi connectivity index (χ1v) is 11.4. The van der Waals surface area contributed by atoms with Crippen LogP contribution in [-0.2, 0) is 27.3 Å². The van der Waals surface area contributed by atoms with Gasteiger partial charge in [0, 0.05) is 39.0 Å². The van der Waals surface area contributed by atoms with E-state index in [2.05, 4.69) is 11.1 Å². The van der Waals surface area contributed by atoms with Crippen molar-refractivity contribution in [3.05, 3.63) is 48.5 Å². The van der Waals surface area contributed by atoms with Gasteiger partial charge in [-0.1, -0.05) is 18.2 Å². The lowest BCUT2D eigenvalue weighted by Crippen LogP contribution is -2.61. The highest BCUT2D eigenvalue weighted by atomic mass is 16.5. The van der Waals surface area contributed by atoms with Crippen LogP contribution in [0, 0.1) is 0 Å². The van der Waals surface area contributed by atoms with Gasteiger partial charge in [0.2, 0.25) is 5.91 Å². The minimum atomic E-state index is -0.990. The number of imidazole rings is 1. The zero-order valence-corrected chi connectivity index (χ0v) is 18.7. The molecular weight excluding hydrogens is 408 g/mol. The summed E-state index contributed by atoms with van der Waals surface area (Å²) in [6, 6.07) is 8.09. The Morgan fingerprint density at radius 3 is 2.91 bits per heavy atom. The van der Waals surface area contributed by atoms with Gasteiger partial charge < -0.3 is 23.8 Å². The van der Waals surface area contributed by atoms with Crippen LogP contribution in [0.25, 0.3) is 0 Å². The zero-order chi connectivity index (χ0) is 22.4. The summed E-state index contributed by atoms with van der Waals surface area (Å²) < 4.78 is 14.0. The van der Waals surface area contributed by atoms with Crippen molar-refractivity contribution in [3.63, 3.8) is 0 Å². The number of hydrogen-bond acceptors (Lipinski definition) is 5. The van der Waals surface area contributed by atoms with E-state index in [1.807, 2.05) is 29.0 Å². The van der Waals surface area contributed by atoms with Crippen LogP contribution < -0.4 is 4.74 Å². The number of likely N-dealkylation sites (N-methyl/N-ethyl adjacent to an activating group) is 1. The van der Waals surface area contributed by atoms with E-state index in [4.69, 9.17) is 9.47 Å². The second-order valence-corrected chi connectivity index (χ2v) is 8.60. The molecule has 2 aliphatic heterocycles. The van der Waals surface area contributed by atoms with Gasteiger partial charge in [0.1, 0.15) is 12.4 Å². The van der Waals surface area contributed by atoms with Crippen molar-refractivity contribution >= 4 is 11.8 Å². The molecule has 32 heavy (non-hydrogen) atoms. The monoisotopic (exact) mass is 440 g/mol. The maximum atomic E-state index is 13.5. The molecule has 0 N–H and O–H groups in total. The Bertz CT molecular complexity index is 916. The quantitative estimate of drug-likeness (QED) is 0.731. The predicted octanol–water partition coefficient (Wildman–Crippen LogP) is 2.13. The summed E-state index contributed by atoms with van der Waals surface area (Å²) in [4.78, 5) is 33.9. The minimum Gasteiger partial charge on any atom is -0.491 e. The molecule has 4 rings (SSSR count). The van der Waals surface area contributed by atoms with Crippen LogP contribution in [0.4, 0.5) is 0 Å². The number of benzene rings is 1. The third-order valence-electron chi connectivity index (χ3n) is 6.35. The number of aryl methyl sites for hydroxylation is 2. The highest BCUT2D eigenvalue weighted by molar-refractivity contribution is 5.87. The maximum absolute atomic E-state index is 13.5. The van der Waals surface area contributed by atoms with E-state index in [-0.39, 0.29) is 11.8 Å². The van der Waals surface area contributed by atoms with Crippen molar-refractivity contribution in [2.45, 2.75) is 44.2 Å². The van der Waals surface area contributed by atoms with Crippen LogP contribution in [-0.4, -0.2) is 76.7 Å². The molecular formula is C24H32N4O4. The smallest absolute Gasteiger partial charge is 0.256 e. The van der Waals surface area contributed by atoms with Gasteiger partial charge in [-0.2, -0.15) is 0 Å². The van der Waals surface area contributed by atoms with Gasteiger partial charge in [-0.05, 0) is 37.3 Å². The van der Waals surface area contributed by atoms with Gasteiger partial charge in [-0.15, -0.1) is 0 Å². The average molecular weight is 441 g/mol. The summed E-state index contributed by atoms with van der Waals surface area (Å²) >= 11 is 0. The molecule has 1 saturated heterocycles. The second-order valence-electron chi connectivity index (χ2n) is 8.60. The fourth-order valence-corrected chi connectivity index (χ4v) is 4.51. The average Bonchev–Trinajstić information content (AvgIpc) is 3.34. The van der Waals surface area contributed by atoms with Crippen LogP contribution in [0.3, 0.4) is 0 Å². The van der Waals surface area contributed by atoms with Crippen LogP contribution in [0.1, 0.15) is 31.2 Å². The highest BCUT2D eigenvalue weighted by Gasteiger charge is 2.45. The van der Waals surface area contributed by atoms with Gasteiger partial charge in [0.15, 0.2) is 5.60 Å². The van der Waals surface area contributed by atoms with Crippen LogP contribution >= 0.6 is 0 Å². The number of carbonyl (C=O) groups is 2. The van der Waals surface area contributed by atoms with Crippen molar-refractivity contribution in [2.75, 3.05) is 39.9 Å².